The molecule has 0 bridgehead atoms. The first kappa shape index (κ1) is 31.4. The zero-order valence-corrected chi connectivity index (χ0v) is 27.5. The second kappa shape index (κ2) is 10.1. The molecular weight excluding hydrogens is 568 g/mol. The lowest BCUT2D eigenvalue weighted by Crippen LogP contribution is -2.62. The SMILES string of the molecule is C[C@]12CC(=O)[C@H]3[C@@H](CCC4=CC(=O)CC[C@@]43C)[C@@H]1CC[C@@H]2O.C[C@]12CCC(=O)C=C1C(=O)C[C@@H]1[C@@H]2CC[C@]2(C)C(=O)CC[C@@]12O. The molecule has 0 aromatic rings. The summed E-state index contributed by atoms with van der Waals surface area (Å²) in [6, 6.07) is 0. The molecule has 0 aromatic heterocycles. The average molecular weight is 619 g/mol. The number of aliphatic hydroxyl groups excluding tert-OH is 1. The Labute approximate surface area is 266 Å². The largest absolute Gasteiger partial charge is 0.393 e. The fourth-order valence-corrected chi connectivity index (χ4v) is 12.5. The van der Waals surface area contributed by atoms with Gasteiger partial charge < -0.3 is 10.2 Å². The van der Waals surface area contributed by atoms with Crippen LogP contribution in [-0.2, 0) is 24.0 Å². The molecule has 0 radical (unpaired) electrons. The van der Waals surface area contributed by atoms with E-state index in [1.807, 2.05) is 13.0 Å². The Balaban J connectivity index is 0.000000145. The lowest BCUT2D eigenvalue weighted by atomic mass is 9.45. The molecule has 7 nitrogen and oxygen atoms in total. The highest BCUT2D eigenvalue weighted by molar-refractivity contribution is 6.06. The van der Waals surface area contributed by atoms with Gasteiger partial charge in [-0.15, -0.1) is 0 Å². The van der Waals surface area contributed by atoms with Crippen molar-refractivity contribution in [2.75, 3.05) is 0 Å². The number of Topliss-reactive ketones (excluding diaryl/α,β-unsaturated/α-hetero) is 3. The molecule has 6 saturated carbocycles. The zero-order valence-electron chi connectivity index (χ0n) is 27.5. The average Bonchev–Trinajstić information content (AvgIpc) is 3.41. The van der Waals surface area contributed by atoms with Gasteiger partial charge in [-0.1, -0.05) is 26.3 Å². The van der Waals surface area contributed by atoms with Gasteiger partial charge in [0.05, 0.1) is 17.1 Å². The maximum absolute atomic E-state index is 13.0. The summed E-state index contributed by atoms with van der Waals surface area (Å²) in [5.74, 6) is 1.74. The number of hydrogen-bond acceptors (Lipinski definition) is 7. The number of fused-ring (bicyclic) bond motifs is 10. The number of hydrogen-bond donors (Lipinski definition) is 2. The van der Waals surface area contributed by atoms with Gasteiger partial charge in [0.25, 0.3) is 0 Å². The van der Waals surface area contributed by atoms with E-state index in [1.165, 1.54) is 5.57 Å². The Morgan fingerprint density at radius 1 is 0.711 bits per heavy atom. The van der Waals surface area contributed by atoms with Crippen LogP contribution in [0.4, 0.5) is 0 Å². The van der Waals surface area contributed by atoms with E-state index in [1.54, 1.807) is 6.08 Å². The van der Waals surface area contributed by atoms with Crippen LogP contribution in [0, 0.1) is 51.2 Å². The van der Waals surface area contributed by atoms with Crippen LogP contribution in [0.3, 0.4) is 0 Å². The Kier molecular flexibility index (Phi) is 7.05. The van der Waals surface area contributed by atoms with Gasteiger partial charge in [0.2, 0.25) is 0 Å². The van der Waals surface area contributed by atoms with Crippen LogP contribution in [-0.4, -0.2) is 50.8 Å². The van der Waals surface area contributed by atoms with Gasteiger partial charge >= 0.3 is 0 Å². The van der Waals surface area contributed by atoms with Crippen molar-refractivity contribution in [1.29, 1.82) is 0 Å². The third-order valence-corrected chi connectivity index (χ3v) is 15.3. The molecule has 7 heteroatoms. The van der Waals surface area contributed by atoms with Crippen LogP contribution < -0.4 is 0 Å². The highest BCUT2D eigenvalue weighted by atomic mass is 16.3. The zero-order chi connectivity index (χ0) is 32.3. The van der Waals surface area contributed by atoms with Crippen molar-refractivity contribution >= 4 is 28.9 Å². The maximum Gasteiger partial charge on any atom is 0.159 e. The summed E-state index contributed by atoms with van der Waals surface area (Å²) in [6.45, 7) is 8.32. The molecule has 0 amide bonds. The molecular formula is C38H50O7. The predicted molar refractivity (Wildman–Crippen MR) is 167 cm³/mol. The van der Waals surface area contributed by atoms with Crippen LogP contribution >= 0.6 is 0 Å². The smallest absolute Gasteiger partial charge is 0.159 e. The number of carbonyl (C=O) groups is 5. The van der Waals surface area contributed by atoms with Gasteiger partial charge in [0.15, 0.2) is 17.3 Å². The molecule has 2 N–H and O–H groups in total. The lowest BCUT2D eigenvalue weighted by molar-refractivity contribution is -0.181. The second-order valence-corrected chi connectivity index (χ2v) is 17.1. The summed E-state index contributed by atoms with van der Waals surface area (Å²) in [4.78, 5) is 61.7. The molecule has 0 saturated heterocycles. The van der Waals surface area contributed by atoms with E-state index < -0.39 is 11.0 Å². The maximum atomic E-state index is 13.0. The van der Waals surface area contributed by atoms with Gasteiger partial charge in [-0.3, -0.25) is 24.0 Å². The summed E-state index contributed by atoms with van der Waals surface area (Å²) in [7, 11) is 0. The van der Waals surface area contributed by atoms with Crippen molar-refractivity contribution < 1.29 is 34.2 Å². The molecule has 8 aliphatic rings. The summed E-state index contributed by atoms with van der Waals surface area (Å²) >= 11 is 0. The Morgan fingerprint density at radius 2 is 1.40 bits per heavy atom. The van der Waals surface area contributed by atoms with Crippen molar-refractivity contribution in [3.8, 4) is 0 Å². The summed E-state index contributed by atoms with van der Waals surface area (Å²) < 4.78 is 0. The van der Waals surface area contributed by atoms with E-state index in [2.05, 4.69) is 20.8 Å². The Bertz CT molecular complexity index is 1460. The number of ketones is 5. The number of carbonyl (C=O) groups excluding carboxylic acids is 5. The standard InChI is InChI=1S/C19H24O4.C19H26O3/c1-17-6-3-11(20)9-14(17)15(21)10-13-12(17)4-7-18(2)16(22)5-8-19(13,18)23;1-18-8-7-12(20)9-11(18)3-4-13-14-5-6-16(22)19(14,2)10-15(21)17(13)18/h9,12-13,23H,3-8,10H2,1-2H3;9,13-14,16-17,22H,3-8,10H2,1-2H3/t12-,13+,17+,18+,19+;13-,14-,16-,17+,18-,19-/m00/s1. The number of aliphatic hydroxyl groups is 2. The molecule has 45 heavy (non-hydrogen) atoms. The van der Waals surface area contributed by atoms with Crippen molar-refractivity contribution in [2.24, 2.45) is 51.2 Å². The van der Waals surface area contributed by atoms with Crippen LogP contribution in [0.25, 0.3) is 0 Å². The monoisotopic (exact) mass is 618 g/mol. The fraction of sp³-hybridized carbons (Fsp3) is 0.763. The summed E-state index contributed by atoms with van der Waals surface area (Å²) in [5, 5.41) is 21.9. The Hall–Kier alpha value is -2.25. The van der Waals surface area contributed by atoms with Gasteiger partial charge in [0.1, 0.15) is 11.6 Å². The molecule has 8 aliphatic carbocycles. The van der Waals surface area contributed by atoms with E-state index in [0.717, 1.165) is 38.5 Å². The molecule has 244 valence electrons. The number of allylic oxidation sites excluding steroid dienone is 2. The summed E-state index contributed by atoms with van der Waals surface area (Å²) in [5.41, 5.74) is -0.499. The molecule has 6 fully saturated rings. The molecule has 0 heterocycles. The predicted octanol–water partition coefficient (Wildman–Crippen LogP) is 5.44. The molecule has 0 unspecified atom stereocenters. The van der Waals surface area contributed by atoms with E-state index >= 15 is 0 Å². The minimum absolute atomic E-state index is 0.00109. The first-order valence-electron chi connectivity index (χ1n) is 17.6. The topological polar surface area (TPSA) is 126 Å². The van der Waals surface area contributed by atoms with Gasteiger partial charge in [0, 0.05) is 49.0 Å². The second-order valence-electron chi connectivity index (χ2n) is 17.1. The molecule has 0 aromatic carbocycles. The van der Waals surface area contributed by atoms with Gasteiger partial charge in [-0.25, -0.2) is 0 Å². The number of rotatable bonds is 0. The normalized spacial score (nSPS) is 50.1. The van der Waals surface area contributed by atoms with Gasteiger partial charge in [-0.2, -0.15) is 0 Å². The van der Waals surface area contributed by atoms with Crippen molar-refractivity contribution in [1.82, 2.24) is 0 Å². The highest BCUT2D eigenvalue weighted by Crippen LogP contribution is 2.66. The summed E-state index contributed by atoms with van der Waals surface area (Å²) in [6.07, 6.45) is 12.8. The van der Waals surface area contributed by atoms with E-state index in [4.69, 9.17) is 0 Å². The third-order valence-electron chi connectivity index (χ3n) is 15.3. The molecule has 0 aliphatic heterocycles. The van der Waals surface area contributed by atoms with Crippen molar-refractivity contribution in [3.63, 3.8) is 0 Å². The van der Waals surface area contributed by atoms with Crippen LogP contribution in [0.1, 0.15) is 118 Å². The molecule has 8 rings (SSSR count). The fourth-order valence-electron chi connectivity index (χ4n) is 12.5. The Morgan fingerprint density at radius 3 is 2.13 bits per heavy atom. The van der Waals surface area contributed by atoms with Crippen molar-refractivity contribution in [2.45, 2.75) is 129 Å². The van der Waals surface area contributed by atoms with E-state index in [-0.39, 0.29) is 69.7 Å². The molecule has 0 spiro atoms. The first-order valence-corrected chi connectivity index (χ1v) is 17.6. The minimum Gasteiger partial charge on any atom is -0.393 e. The van der Waals surface area contributed by atoms with E-state index in [0.29, 0.717) is 68.1 Å². The minimum atomic E-state index is -1.06. The molecule has 11 atom stereocenters. The van der Waals surface area contributed by atoms with Crippen LogP contribution in [0.5, 0.6) is 0 Å². The van der Waals surface area contributed by atoms with Crippen LogP contribution in [0.2, 0.25) is 0 Å². The van der Waals surface area contributed by atoms with Gasteiger partial charge in [-0.05, 0) is 111 Å². The van der Waals surface area contributed by atoms with Crippen molar-refractivity contribution in [3.05, 3.63) is 23.3 Å². The van der Waals surface area contributed by atoms with E-state index in [9.17, 15) is 34.2 Å². The lowest BCUT2D eigenvalue weighted by Gasteiger charge is -2.59. The first-order chi connectivity index (χ1) is 21.1. The third kappa shape index (κ3) is 4.17. The van der Waals surface area contributed by atoms with Crippen LogP contribution in [0.15, 0.2) is 23.3 Å². The highest BCUT2D eigenvalue weighted by Gasteiger charge is 2.68. The quantitative estimate of drug-likeness (QED) is 0.370.